The van der Waals surface area contributed by atoms with Crippen LogP contribution in [0.4, 0.5) is 22.0 Å². The highest BCUT2D eigenvalue weighted by Crippen LogP contribution is 2.38. The smallest absolute Gasteiger partial charge is 0.257 e. The van der Waals surface area contributed by atoms with Gasteiger partial charge in [-0.2, -0.15) is 0 Å². The van der Waals surface area contributed by atoms with E-state index in [9.17, 15) is 42.1 Å². The second kappa shape index (κ2) is 15.2. The third-order valence-electron chi connectivity index (χ3n) is 8.01. The summed E-state index contributed by atoms with van der Waals surface area (Å²) in [7, 11) is 1.83. The van der Waals surface area contributed by atoms with Gasteiger partial charge >= 0.3 is 0 Å². The monoisotopic (exact) mass is 672 g/mol. The molecule has 1 saturated heterocycles. The lowest BCUT2D eigenvalue weighted by atomic mass is 9.99. The molecule has 4 unspecified atom stereocenters. The molecule has 4 N–H and O–H groups in total. The van der Waals surface area contributed by atoms with Crippen molar-refractivity contribution >= 4 is 5.91 Å². The zero-order valence-corrected chi connectivity index (χ0v) is 25.7. The molecule has 5 rings (SSSR count). The molecule has 1 aliphatic heterocycles. The number of carbonyl (C=O) groups excluding carboxylic acids is 1. The fourth-order valence-corrected chi connectivity index (χ4v) is 5.46. The van der Waals surface area contributed by atoms with Crippen molar-refractivity contribution in [2.45, 2.75) is 44.2 Å². The fraction of sp³-hybridized carbons (Fsp3) is 0.286. The van der Waals surface area contributed by atoms with Crippen LogP contribution in [0.3, 0.4) is 0 Å². The quantitative estimate of drug-likeness (QED) is 0.0917. The number of nitrogens with one attached hydrogen (secondary N) is 1. The number of halogens is 5. The molecule has 254 valence electrons. The average Bonchev–Trinajstić information content (AvgIpc) is 3.09. The van der Waals surface area contributed by atoms with E-state index >= 15 is 0 Å². The second-order valence-electron chi connectivity index (χ2n) is 11.6. The Bertz CT molecular complexity index is 1710. The van der Waals surface area contributed by atoms with Crippen LogP contribution in [0.2, 0.25) is 0 Å². The van der Waals surface area contributed by atoms with E-state index < -0.39 is 59.1 Å². The minimum Gasteiger partial charge on any atom is -0.508 e. The van der Waals surface area contributed by atoms with Gasteiger partial charge in [0.15, 0.2) is 29.6 Å². The molecular weight excluding hydrogens is 639 g/mol. The first-order chi connectivity index (χ1) is 22.9. The number of aliphatic hydroxyl groups excluding tert-OH is 2. The number of carbonyl (C=O) groups is 1. The predicted molar refractivity (Wildman–Crippen MR) is 163 cm³/mol. The Morgan fingerprint density at radius 3 is 2.10 bits per heavy atom. The number of aromatic hydroxyl groups is 1. The minimum atomic E-state index is -2.35. The molecule has 1 fully saturated rings. The topological polar surface area (TPSA) is 111 Å². The fourth-order valence-electron chi connectivity index (χ4n) is 5.46. The zero-order valence-electron chi connectivity index (χ0n) is 25.7. The van der Waals surface area contributed by atoms with Crippen LogP contribution < -0.4 is 5.32 Å². The second-order valence-corrected chi connectivity index (χ2v) is 11.6. The average molecular weight is 673 g/mol. The van der Waals surface area contributed by atoms with Crippen LogP contribution in [0.5, 0.6) is 5.75 Å². The van der Waals surface area contributed by atoms with Gasteiger partial charge in [-0.15, -0.1) is 0 Å². The first kappa shape index (κ1) is 34.9. The van der Waals surface area contributed by atoms with Crippen LogP contribution in [-0.4, -0.2) is 52.4 Å². The lowest BCUT2D eigenvalue weighted by Gasteiger charge is -2.38. The van der Waals surface area contributed by atoms with Gasteiger partial charge in [-0.25, -0.2) is 22.0 Å². The van der Waals surface area contributed by atoms with Gasteiger partial charge in [0.25, 0.3) is 5.91 Å². The number of phenols is 1. The lowest BCUT2D eigenvalue weighted by molar-refractivity contribution is -0.252. The minimum absolute atomic E-state index is 0.0507. The maximum absolute atomic E-state index is 14.0. The van der Waals surface area contributed by atoms with E-state index in [1.165, 1.54) is 12.1 Å². The first-order valence-electron chi connectivity index (χ1n) is 15.0. The third-order valence-corrected chi connectivity index (χ3v) is 8.01. The van der Waals surface area contributed by atoms with E-state index in [1.54, 1.807) is 48.5 Å². The van der Waals surface area contributed by atoms with Crippen LogP contribution in [0.25, 0.3) is 0 Å². The number of likely N-dealkylation sites (N-methyl/N-ethyl adjacent to an activating group) is 1. The largest absolute Gasteiger partial charge is 0.508 e. The molecule has 0 aliphatic carbocycles. The Hall–Kier alpha value is -4.40. The van der Waals surface area contributed by atoms with E-state index in [1.807, 2.05) is 24.1 Å². The Labute approximate surface area is 273 Å². The summed E-state index contributed by atoms with van der Waals surface area (Å²) < 4.78 is 81.2. The Morgan fingerprint density at radius 1 is 0.875 bits per heavy atom. The normalized spacial score (nSPS) is 18.6. The van der Waals surface area contributed by atoms with E-state index in [2.05, 4.69) is 5.32 Å². The molecule has 48 heavy (non-hydrogen) atoms. The summed E-state index contributed by atoms with van der Waals surface area (Å²) in [5.74, 6) is -12.6. The number of benzene rings is 4. The Balaban J connectivity index is 1.28. The maximum Gasteiger partial charge on any atom is 0.257 e. The molecule has 1 heterocycles. The highest BCUT2D eigenvalue weighted by molar-refractivity contribution is 5.94. The molecule has 0 aromatic heterocycles. The van der Waals surface area contributed by atoms with Crippen LogP contribution in [0.1, 0.15) is 63.1 Å². The number of nitrogens with zero attached hydrogens (tertiary/aromatic N) is 1. The van der Waals surface area contributed by atoms with Gasteiger partial charge in [0.2, 0.25) is 5.82 Å². The number of rotatable bonds is 11. The SMILES string of the molecule is CN(CC1CC(c2ccc(CO)cc2)OC(c2ccc(CNC(=O)c3c(F)c(F)c(F)c(F)c3F)cc2)O1)CC(O)c1cccc(O)c1. The number of amides is 1. The molecule has 0 saturated carbocycles. The van der Waals surface area contributed by atoms with Crippen LogP contribution >= 0.6 is 0 Å². The van der Waals surface area contributed by atoms with Crippen molar-refractivity contribution in [1.82, 2.24) is 10.2 Å². The molecule has 0 bridgehead atoms. The van der Waals surface area contributed by atoms with E-state index in [0.717, 1.165) is 11.1 Å². The van der Waals surface area contributed by atoms with Gasteiger partial charge in [0.05, 0.1) is 24.9 Å². The summed E-state index contributed by atoms with van der Waals surface area (Å²) in [5.41, 5.74) is 1.66. The van der Waals surface area contributed by atoms with Crippen molar-refractivity contribution in [2.24, 2.45) is 0 Å². The number of ether oxygens (including phenoxy) is 2. The van der Waals surface area contributed by atoms with Crippen molar-refractivity contribution in [2.75, 3.05) is 20.1 Å². The summed E-state index contributed by atoms with van der Waals surface area (Å²) in [5, 5.41) is 32.1. The number of aliphatic hydroxyl groups is 2. The third kappa shape index (κ3) is 8.00. The first-order valence-corrected chi connectivity index (χ1v) is 15.0. The van der Waals surface area contributed by atoms with Gasteiger partial charge in [-0.05, 0) is 41.4 Å². The number of hydrogen-bond donors (Lipinski definition) is 4. The molecule has 1 amide bonds. The molecule has 4 atom stereocenters. The Kier molecular flexibility index (Phi) is 11.1. The van der Waals surface area contributed by atoms with Crippen molar-refractivity contribution in [3.63, 3.8) is 0 Å². The van der Waals surface area contributed by atoms with Crippen LogP contribution in [-0.2, 0) is 22.6 Å². The molecule has 4 aromatic carbocycles. The molecule has 4 aromatic rings. The van der Waals surface area contributed by atoms with Gasteiger partial charge in [0.1, 0.15) is 11.3 Å². The summed E-state index contributed by atoms with van der Waals surface area (Å²) in [4.78, 5) is 14.3. The van der Waals surface area contributed by atoms with Crippen molar-refractivity contribution in [1.29, 1.82) is 0 Å². The van der Waals surface area contributed by atoms with Crippen molar-refractivity contribution < 1.29 is 51.5 Å². The highest BCUT2D eigenvalue weighted by Gasteiger charge is 2.33. The van der Waals surface area contributed by atoms with Crippen molar-refractivity contribution in [3.05, 3.63) is 135 Å². The molecule has 8 nitrogen and oxygen atoms in total. The summed E-state index contributed by atoms with van der Waals surface area (Å²) in [6.07, 6.45) is -1.98. The Morgan fingerprint density at radius 2 is 1.48 bits per heavy atom. The summed E-state index contributed by atoms with van der Waals surface area (Å²) in [6, 6.07) is 20.2. The maximum atomic E-state index is 14.0. The van der Waals surface area contributed by atoms with Gasteiger partial charge in [-0.1, -0.05) is 60.7 Å². The zero-order chi connectivity index (χ0) is 34.5. The summed E-state index contributed by atoms with van der Waals surface area (Å²) in [6.45, 7) is 0.291. The van der Waals surface area contributed by atoms with Gasteiger partial charge in [-0.3, -0.25) is 4.79 Å². The van der Waals surface area contributed by atoms with Gasteiger partial charge < -0.3 is 35.0 Å². The molecule has 13 heteroatoms. The predicted octanol–water partition coefficient (Wildman–Crippen LogP) is 5.72. The standard InChI is InChI=1S/C35H33F5N2O6/c1-42(17-26(45)23-3-2-4-24(44)13-23)16-25-14-27(21-9-7-20(18-43)8-10-21)48-35(47-25)22-11-5-19(6-12-22)15-41-34(46)28-29(36)31(38)33(40)32(39)30(28)37/h2-13,25-27,35,43-45H,14-18H2,1H3,(H,41,46). The van der Waals surface area contributed by atoms with Crippen molar-refractivity contribution in [3.8, 4) is 5.75 Å². The molecular formula is C35H33F5N2O6. The molecule has 1 aliphatic rings. The molecule has 0 radical (unpaired) electrons. The molecule has 0 spiro atoms. The van der Waals surface area contributed by atoms with Crippen LogP contribution in [0, 0.1) is 29.1 Å². The van der Waals surface area contributed by atoms with Gasteiger partial charge in [0, 0.05) is 31.6 Å². The van der Waals surface area contributed by atoms with Crippen LogP contribution in [0.15, 0.2) is 72.8 Å². The number of phenolic OH excluding ortho intramolecular Hbond substituents is 1. The lowest BCUT2D eigenvalue weighted by Crippen LogP contribution is -2.39. The highest BCUT2D eigenvalue weighted by atomic mass is 19.2. The summed E-state index contributed by atoms with van der Waals surface area (Å²) >= 11 is 0. The van der Waals surface area contributed by atoms with E-state index in [-0.39, 0.29) is 31.5 Å². The van der Waals surface area contributed by atoms with E-state index in [0.29, 0.717) is 29.7 Å². The number of hydrogen-bond acceptors (Lipinski definition) is 7. The van der Waals surface area contributed by atoms with E-state index in [4.69, 9.17) is 9.47 Å².